The molecule has 0 aromatic carbocycles. The van der Waals surface area contributed by atoms with Crippen LogP contribution in [0.15, 0.2) is 0 Å². The van der Waals surface area contributed by atoms with Gasteiger partial charge >= 0.3 is 0 Å². The highest BCUT2D eigenvalue weighted by molar-refractivity contribution is 5.21. The summed E-state index contributed by atoms with van der Waals surface area (Å²) in [6.07, 6.45) is 1.87. The van der Waals surface area contributed by atoms with E-state index in [1.54, 1.807) is 0 Å². The average molecular weight is 226 g/mol. The monoisotopic (exact) mass is 226 g/mol. The van der Waals surface area contributed by atoms with E-state index in [1.165, 1.54) is 0 Å². The van der Waals surface area contributed by atoms with E-state index < -0.39 is 0 Å². The Kier molecular flexibility index (Phi) is 2.67. The number of rotatable bonds is 1. The maximum atomic E-state index is 10.7. The summed E-state index contributed by atoms with van der Waals surface area (Å²) >= 11 is 0. The number of aliphatic hydroxyl groups excluding tert-OH is 1. The van der Waals surface area contributed by atoms with Gasteiger partial charge in [0.05, 0.1) is 6.10 Å². The van der Waals surface area contributed by atoms with Gasteiger partial charge in [0.2, 0.25) is 0 Å². The summed E-state index contributed by atoms with van der Waals surface area (Å²) in [5.74, 6) is 0.519. The first-order valence-corrected chi connectivity index (χ1v) is 6.56. The van der Waals surface area contributed by atoms with Crippen molar-refractivity contribution in [2.24, 2.45) is 22.2 Å². The normalized spacial score (nSPS) is 41.1. The third kappa shape index (κ3) is 1.10. The van der Waals surface area contributed by atoms with Crippen molar-refractivity contribution in [2.45, 2.75) is 53.6 Å². The lowest BCUT2D eigenvalue weighted by Crippen LogP contribution is -2.75. The van der Waals surface area contributed by atoms with Crippen molar-refractivity contribution in [3.63, 3.8) is 0 Å². The molecule has 0 aromatic rings. The Morgan fingerprint density at radius 2 is 1.62 bits per heavy atom. The maximum Gasteiger partial charge on any atom is 0.0664 e. The predicted molar refractivity (Wildman–Crippen MR) is 65.2 cm³/mol. The van der Waals surface area contributed by atoms with Crippen LogP contribution < -0.4 is 0 Å². The molecule has 1 saturated heterocycles. The van der Waals surface area contributed by atoms with Gasteiger partial charge in [-0.25, -0.2) is 0 Å². The second kappa shape index (κ2) is 3.46. The molecule has 2 atom stereocenters. The van der Waals surface area contributed by atoms with Crippen LogP contribution in [-0.2, 0) is 4.74 Å². The van der Waals surface area contributed by atoms with E-state index in [-0.39, 0.29) is 22.3 Å². The Morgan fingerprint density at radius 1 is 1.12 bits per heavy atom. The summed E-state index contributed by atoms with van der Waals surface area (Å²) < 4.78 is 5.46. The highest BCUT2D eigenvalue weighted by Gasteiger charge is 2.73. The molecule has 2 heteroatoms. The highest BCUT2D eigenvalue weighted by Crippen LogP contribution is 2.73. The van der Waals surface area contributed by atoms with Gasteiger partial charge in [-0.2, -0.15) is 0 Å². The molecule has 0 amide bonds. The quantitative estimate of drug-likeness (QED) is 0.745. The van der Waals surface area contributed by atoms with Crippen molar-refractivity contribution in [1.29, 1.82) is 0 Å². The van der Waals surface area contributed by atoms with Crippen molar-refractivity contribution in [3.05, 3.63) is 0 Å². The smallest absolute Gasteiger partial charge is 0.0664 e. The van der Waals surface area contributed by atoms with Crippen LogP contribution in [0.5, 0.6) is 0 Å². The Labute approximate surface area is 99.4 Å². The number of aliphatic hydroxyl groups is 1. The van der Waals surface area contributed by atoms with Crippen molar-refractivity contribution in [3.8, 4) is 0 Å². The van der Waals surface area contributed by atoms with Crippen LogP contribution in [-0.4, -0.2) is 24.4 Å². The SMILES string of the molecule is CC(C)C1(C)C(O)C2(CCOCC2)C1(C)C. The second-order valence-electron chi connectivity index (χ2n) is 6.73. The maximum absolute atomic E-state index is 10.7. The molecule has 1 aliphatic carbocycles. The van der Waals surface area contributed by atoms with E-state index in [1.807, 2.05) is 0 Å². The fourth-order valence-corrected chi connectivity index (χ4v) is 4.39. The second-order valence-corrected chi connectivity index (χ2v) is 6.73. The van der Waals surface area contributed by atoms with Crippen molar-refractivity contribution in [2.75, 3.05) is 13.2 Å². The summed E-state index contributed by atoms with van der Waals surface area (Å²) in [4.78, 5) is 0. The molecule has 2 fully saturated rings. The molecule has 16 heavy (non-hydrogen) atoms. The molecule has 1 saturated carbocycles. The van der Waals surface area contributed by atoms with Crippen molar-refractivity contribution in [1.82, 2.24) is 0 Å². The van der Waals surface area contributed by atoms with Crippen LogP contribution >= 0.6 is 0 Å². The van der Waals surface area contributed by atoms with Crippen LogP contribution in [0.1, 0.15) is 47.5 Å². The van der Waals surface area contributed by atoms with Gasteiger partial charge in [0.1, 0.15) is 0 Å². The van der Waals surface area contributed by atoms with E-state index in [2.05, 4.69) is 34.6 Å². The highest BCUT2D eigenvalue weighted by atomic mass is 16.5. The zero-order valence-corrected chi connectivity index (χ0v) is 11.3. The van der Waals surface area contributed by atoms with Gasteiger partial charge in [-0.15, -0.1) is 0 Å². The van der Waals surface area contributed by atoms with E-state index in [0.29, 0.717) is 5.92 Å². The zero-order valence-electron chi connectivity index (χ0n) is 11.3. The molecule has 2 aliphatic rings. The van der Waals surface area contributed by atoms with Crippen LogP contribution in [0.2, 0.25) is 0 Å². The van der Waals surface area contributed by atoms with Gasteiger partial charge in [-0.05, 0) is 24.2 Å². The Balaban J connectivity index is 2.33. The summed E-state index contributed by atoms with van der Waals surface area (Å²) in [6.45, 7) is 13.0. The van der Waals surface area contributed by atoms with Crippen LogP contribution in [0.3, 0.4) is 0 Å². The summed E-state index contributed by atoms with van der Waals surface area (Å²) in [5, 5.41) is 10.7. The molecular weight excluding hydrogens is 200 g/mol. The largest absolute Gasteiger partial charge is 0.392 e. The molecule has 1 spiro atoms. The molecular formula is C14H26O2. The molecule has 1 N–H and O–H groups in total. The fourth-order valence-electron chi connectivity index (χ4n) is 4.39. The Bertz CT molecular complexity index is 276. The molecule has 0 bridgehead atoms. The first-order chi connectivity index (χ1) is 7.31. The van der Waals surface area contributed by atoms with E-state index in [4.69, 9.17) is 4.74 Å². The molecule has 2 unspecified atom stereocenters. The minimum absolute atomic E-state index is 0.0460. The lowest BCUT2D eigenvalue weighted by atomic mass is 9.32. The topological polar surface area (TPSA) is 29.5 Å². The molecule has 0 radical (unpaired) electrons. The van der Waals surface area contributed by atoms with Crippen molar-refractivity contribution >= 4 is 0 Å². The van der Waals surface area contributed by atoms with Gasteiger partial charge in [-0.1, -0.05) is 34.6 Å². The van der Waals surface area contributed by atoms with Crippen LogP contribution in [0.25, 0.3) is 0 Å². The van der Waals surface area contributed by atoms with Crippen LogP contribution in [0.4, 0.5) is 0 Å². The van der Waals surface area contributed by atoms with E-state index in [9.17, 15) is 5.11 Å². The molecule has 94 valence electrons. The van der Waals surface area contributed by atoms with Gasteiger partial charge in [0, 0.05) is 24.0 Å². The third-order valence-electron chi connectivity index (χ3n) is 6.27. The Hall–Kier alpha value is -0.0800. The third-order valence-corrected chi connectivity index (χ3v) is 6.27. The average Bonchev–Trinajstić information content (AvgIpc) is 2.27. The number of hydrogen-bond acceptors (Lipinski definition) is 2. The first-order valence-electron chi connectivity index (χ1n) is 6.56. The summed E-state index contributed by atoms with van der Waals surface area (Å²) in [6, 6.07) is 0. The molecule has 2 nitrogen and oxygen atoms in total. The molecule has 1 heterocycles. The van der Waals surface area contributed by atoms with Gasteiger partial charge in [-0.3, -0.25) is 0 Å². The number of ether oxygens (including phenoxy) is 1. The standard InChI is InChI=1S/C14H26O2/c1-10(2)13(5)11(15)14(12(13,3)4)6-8-16-9-7-14/h10-11,15H,6-9H2,1-5H3. The first kappa shape index (κ1) is 12.4. The minimum Gasteiger partial charge on any atom is -0.392 e. The Morgan fingerprint density at radius 3 is 2.00 bits per heavy atom. The lowest BCUT2D eigenvalue weighted by molar-refractivity contribution is -0.324. The molecule has 0 aromatic heterocycles. The van der Waals surface area contributed by atoms with Gasteiger partial charge in [0.15, 0.2) is 0 Å². The predicted octanol–water partition coefficient (Wildman–Crippen LogP) is 2.85. The van der Waals surface area contributed by atoms with Gasteiger partial charge in [0.25, 0.3) is 0 Å². The van der Waals surface area contributed by atoms with E-state index >= 15 is 0 Å². The minimum atomic E-state index is -0.168. The molecule has 1 aliphatic heterocycles. The van der Waals surface area contributed by atoms with Crippen molar-refractivity contribution < 1.29 is 9.84 Å². The van der Waals surface area contributed by atoms with Crippen LogP contribution in [0, 0.1) is 22.2 Å². The number of hydrogen-bond donors (Lipinski definition) is 1. The zero-order chi connectivity index (χ0) is 12.2. The fraction of sp³-hybridized carbons (Fsp3) is 1.00. The lowest BCUT2D eigenvalue weighted by Gasteiger charge is -2.74. The van der Waals surface area contributed by atoms with E-state index in [0.717, 1.165) is 26.1 Å². The van der Waals surface area contributed by atoms with Gasteiger partial charge < -0.3 is 9.84 Å². The molecule has 2 rings (SSSR count). The summed E-state index contributed by atoms with van der Waals surface area (Å²) in [5.41, 5.74) is 0.353. The summed E-state index contributed by atoms with van der Waals surface area (Å²) in [7, 11) is 0.